The molecule has 0 N–H and O–H groups in total. The lowest BCUT2D eigenvalue weighted by Gasteiger charge is -2.38. The lowest BCUT2D eigenvalue weighted by molar-refractivity contribution is 0.837. The van der Waals surface area contributed by atoms with Crippen LogP contribution >= 0.6 is 11.6 Å². The molecule has 0 atom stereocenters. The van der Waals surface area contributed by atoms with E-state index >= 15 is 0 Å². The molecule has 0 spiro atoms. The average Bonchev–Trinajstić information content (AvgIpc) is 2.50. The van der Waals surface area contributed by atoms with Crippen molar-refractivity contribution in [1.82, 2.24) is 0 Å². The maximum Gasteiger partial charge on any atom is 0.145 e. The third-order valence-electron chi connectivity index (χ3n) is 5.20. The zero-order valence-corrected chi connectivity index (χ0v) is 18.0. The second kappa shape index (κ2) is 9.49. The third kappa shape index (κ3) is 5.26. The molecule has 132 valence electrons. The molecule has 0 aliphatic rings. The lowest BCUT2D eigenvalue weighted by atomic mass is 10.0. The van der Waals surface area contributed by atoms with Crippen LogP contribution < -0.4 is 0 Å². The van der Waals surface area contributed by atoms with E-state index in [4.69, 9.17) is 11.6 Å². The van der Waals surface area contributed by atoms with Crippen LogP contribution in [0, 0.1) is 11.5 Å². The highest BCUT2D eigenvalue weighted by Crippen LogP contribution is 2.40. The first-order valence-electron chi connectivity index (χ1n) is 9.15. The van der Waals surface area contributed by atoms with Gasteiger partial charge in [0.25, 0.3) is 0 Å². The van der Waals surface area contributed by atoms with Gasteiger partial charge >= 0.3 is 0 Å². The number of unbranched alkanes of at least 4 members (excludes halogenated alkanes) is 1. The van der Waals surface area contributed by atoms with Crippen LogP contribution in [-0.2, 0) is 0 Å². The van der Waals surface area contributed by atoms with Gasteiger partial charge in [-0.25, -0.2) is 0 Å². The highest BCUT2D eigenvalue weighted by atomic mass is 35.5. The van der Waals surface area contributed by atoms with Crippen molar-refractivity contribution >= 4 is 25.2 Å². The summed E-state index contributed by atoms with van der Waals surface area (Å²) in [5.41, 5.74) is 8.26. The summed E-state index contributed by atoms with van der Waals surface area (Å²) in [5, 5.41) is 0.773. The SMILES string of the molecule is C=C(CCCC#C[Si](C(C)C)(C(C)C)C(C)C)c1ccc(Cl)cc1. The Labute approximate surface area is 155 Å². The number of halogens is 1. The zero-order chi connectivity index (χ0) is 18.3. The molecule has 1 rings (SSSR count). The monoisotopic (exact) mass is 360 g/mol. The Morgan fingerprint density at radius 2 is 1.50 bits per heavy atom. The number of allylic oxidation sites excluding steroid dienone is 1. The number of hydrogen-bond acceptors (Lipinski definition) is 0. The van der Waals surface area contributed by atoms with E-state index in [0.717, 1.165) is 24.3 Å². The zero-order valence-electron chi connectivity index (χ0n) is 16.2. The molecule has 0 aliphatic heterocycles. The average molecular weight is 361 g/mol. The van der Waals surface area contributed by atoms with E-state index in [1.165, 1.54) is 11.1 Å². The van der Waals surface area contributed by atoms with Crippen molar-refractivity contribution in [2.45, 2.75) is 77.4 Å². The standard InChI is InChI=1S/C22H33ClSi/c1-17(2)24(18(3)4,19(5)6)16-10-8-9-11-20(7)21-12-14-22(23)15-13-21/h12-15,17-19H,7-9,11H2,1-6H3. The second-order valence-corrected chi connectivity index (χ2v) is 13.7. The summed E-state index contributed by atoms with van der Waals surface area (Å²) in [6.07, 6.45) is 3.04. The van der Waals surface area contributed by atoms with E-state index in [0.29, 0.717) is 16.6 Å². The lowest BCUT2D eigenvalue weighted by Crippen LogP contribution is -2.43. The van der Waals surface area contributed by atoms with Gasteiger partial charge in [0.15, 0.2) is 0 Å². The molecule has 0 aromatic heterocycles. The van der Waals surface area contributed by atoms with Gasteiger partial charge in [0.1, 0.15) is 8.07 Å². The van der Waals surface area contributed by atoms with Gasteiger partial charge in [-0.05, 0) is 52.7 Å². The van der Waals surface area contributed by atoms with E-state index in [1.54, 1.807) is 0 Å². The summed E-state index contributed by atoms with van der Waals surface area (Å²) in [5.74, 6) is 3.54. The minimum atomic E-state index is -1.57. The largest absolute Gasteiger partial charge is 0.145 e. The van der Waals surface area contributed by atoms with Gasteiger partial charge in [-0.15, -0.1) is 11.5 Å². The van der Waals surface area contributed by atoms with Gasteiger partial charge in [0.05, 0.1) is 0 Å². The first-order valence-corrected chi connectivity index (χ1v) is 11.8. The molecule has 0 aliphatic carbocycles. The molecule has 0 unspecified atom stereocenters. The summed E-state index contributed by atoms with van der Waals surface area (Å²) in [6.45, 7) is 18.4. The van der Waals surface area contributed by atoms with Gasteiger partial charge in [0.2, 0.25) is 0 Å². The van der Waals surface area contributed by atoms with Crippen LogP contribution in [0.1, 0.15) is 66.4 Å². The Bertz CT molecular complexity index is 563. The Morgan fingerprint density at radius 1 is 1.00 bits per heavy atom. The third-order valence-corrected chi connectivity index (χ3v) is 11.8. The van der Waals surface area contributed by atoms with Crippen molar-refractivity contribution in [3.8, 4) is 11.5 Å². The summed E-state index contributed by atoms with van der Waals surface area (Å²) < 4.78 is 0. The van der Waals surface area contributed by atoms with E-state index < -0.39 is 8.07 Å². The van der Waals surface area contributed by atoms with Crippen LogP contribution in [-0.4, -0.2) is 8.07 Å². The molecular weight excluding hydrogens is 328 g/mol. The van der Waals surface area contributed by atoms with Crippen molar-refractivity contribution in [1.29, 1.82) is 0 Å². The molecule has 0 bridgehead atoms. The molecule has 0 fully saturated rings. The highest BCUT2D eigenvalue weighted by Gasteiger charge is 2.41. The van der Waals surface area contributed by atoms with Crippen LogP contribution in [0.5, 0.6) is 0 Å². The van der Waals surface area contributed by atoms with Crippen molar-refractivity contribution < 1.29 is 0 Å². The normalized spacial score (nSPS) is 11.8. The van der Waals surface area contributed by atoms with Crippen LogP contribution in [0.15, 0.2) is 30.8 Å². The quantitative estimate of drug-likeness (QED) is 0.265. The summed E-state index contributed by atoms with van der Waals surface area (Å²) >= 11 is 5.94. The predicted octanol–water partition coefficient (Wildman–Crippen LogP) is 7.74. The van der Waals surface area contributed by atoms with E-state index in [9.17, 15) is 0 Å². The smallest absolute Gasteiger partial charge is 0.130 e. The van der Waals surface area contributed by atoms with Crippen LogP contribution in [0.4, 0.5) is 0 Å². The van der Waals surface area contributed by atoms with Crippen LogP contribution in [0.25, 0.3) is 5.57 Å². The van der Waals surface area contributed by atoms with E-state index in [2.05, 4.69) is 59.6 Å². The van der Waals surface area contributed by atoms with Gasteiger partial charge in [-0.3, -0.25) is 0 Å². The van der Waals surface area contributed by atoms with Gasteiger partial charge in [-0.2, -0.15) is 0 Å². The molecule has 0 radical (unpaired) electrons. The molecule has 2 heteroatoms. The minimum Gasteiger partial charge on any atom is -0.130 e. The maximum atomic E-state index is 5.94. The first-order chi connectivity index (χ1) is 11.2. The van der Waals surface area contributed by atoms with E-state index in [1.807, 2.05) is 24.3 Å². The number of rotatable bonds is 7. The van der Waals surface area contributed by atoms with Crippen LogP contribution in [0.3, 0.4) is 0 Å². The molecular formula is C22H33ClSi. The fraction of sp³-hybridized carbons (Fsp3) is 0.545. The fourth-order valence-electron chi connectivity index (χ4n) is 3.87. The fourth-order valence-corrected chi connectivity index (χ4v) is 9.29. The van der Waals surface area contributed by atoms with Crippen molar-refractivity contribution in [2.75, 3.05) is 0 Å². The Morgan fingerprint density at radius 3 is 1.96 bits per heavy atom. The topological polar surface area (TPSA) is 0 Å². The molecule has 0 nitrogen and oxygen atoms in total. The number of benzene rings is 1. The highest BCUT2D eigenvalue weighted by molar-refractivity contribution is 6.90. The Kier molecular flexibility index (Phi) is 8.34. The van der Waals surface area contributed by atoms with Gasteiger partial charge in [0, 0.05) is 11.4 Å². The minimum absolute atomic E-state index is 0.703. The maximum absolute atomic E-state index is 5.94. The Hall–Kier alpha value is -0.973. The molecule has 24 heavy (non-hydrogen) atoms. The van der Waals surface area contributed by atoms with Crippen molar-refractivity contribution in [3.05, 3.63) is 41.4 Å². The second-order valence-electron chi connectivity index (χ2n) is 7.66. The Balaban J connectivity index is 2.65. The molecule has 1 aromatic carbocycles. The molecule has 0 heterocycles. The summed E-state index contributed by atoms with van der Waals surface area (Å²) in [7, 11) is -1.57. The van der Waals surface area contributed by atoms with Gasteiger partial charge < -0.3 is 0 Å². The molecule has 1 aromatic rings. The summed E-state index contributed by atoms with van der Waals surface area (Å²) in [4.78, 5) is 0. The molecule has 0 amide bonds. The first kappa shape index (κ1) is 21.1. The van der Waals surface area contributed by atoms with Crippen molar-refractivity contribution in [2.24, 2.45) is 0 Å². The predicted molar refractivity (Wildman–Crippen MR) is 113 cm³/mol. The molecule has 0 saturated carbocycles. The van der Waals surface area contributed by atoms with Crippen LogP contribution in [0.2, 0.25) is 21.6 Å². The molecule has 0 saturated heterocycles. The number of hydrogen-bond donors (Lipinski definition) is 0. The summed E-state index contributed by atoms with van der Waals surface area (Å²) in [6, 6.07) is 7.95. The van der Waals surface area contributed by atoms with Gasteiger partial charge in [-0.1, -0.05) is 71.9 Å². The van der Waals surface area contributed by atoms with Crippen molar-refractivity contribution in [3.63, 3.8) is 0 Å². The van der Waals surface area contributed by atoms with E-state index in [-0.39, 0.29) is 0 Å².